The molecule has 1 fully saturated rings. The number of hydrogen-bond acceptors (Lipinski definition) is 5. The summed E-state index contributed by atoms with van der Waals surface area (Å²) in [6.45, 7) is 5.41. The van der Waals surface area contributed by atoms with Gasteiger partial charge in [0, 0.05) is 19.6 Å². The van der Waals surface area contributed by atoms with Crippen LogP contribution in [0.25, 0.3) is 0 Å². The predicted octanol–water partition coefficient (Wildman–Crippen LogP) is 0.346. The number of urea groups is 1. The molecule has 0 bridgehead atoms. The van der Waals surface area contributed by atoms with Crippen molar-refractivity contribution in [2.75, 3.05) is 26.2 Å². The third-order valence-electron chi connectivity index (χ3n) is 4.38. The average molecular weight is 321 g/mol. The van der Waals surface area contributed by atoms with E-state index in [0.717, 1.165) is 44.5 Å². The second-order valence-corrected chi connectivity index (χ2v) is 6.12. The van der Waals surface area contributed by atoms with Gasteiger partial charge in [0.15, 0.2) is 0 Å². The smallest absolute Gasteiger partial charge is 0.343 e. The number of aliphatic hydroxyl groups is 1. The molecule has 0 aliphatic carbocycles. The molecular formula is C16H27N5O2. The summed E-state index contributed by atoms with van der Waals surface area (Å²) in [4.78, 5) is 13.2. The van der Waals surface area contributed by atoms with E-state index in [1.165, 1.54) is 5.56 Å². The van der Waals surface area contributed by atoms with Crippen LogP contribution in [0.3, 0.4) is 0 Å². The molecule has 128 valence electrons. The lowest BCUT2D eigenvalue weighted by atomic mass is 9.84. The predicted molar refractivity (Wildman–Crippen MR) is 89.2 cm³/mol. The minimum absolute atomic E-state index is 0.453. The molecule has 23 heavy (non-hydrogen) atoms. The van der Waals surface area contributed by atoms with Crippen LogP contribution in [0.15, 0.2) is 24.3 Å². The molecule has 1 aromatic rings. The topological polar surface area (TPSA) is 103 Å². The van der Waals surface area contributed by atoms with E-state index < -0.39 is 11.6 Å². The molecule has 1 aromatic carbocycles. The quantitative estimate of drug-likeness (QED) is 0.225. The standard InChI is InChI=1S/C16H27N5O2/c1-13-3-5-14(6-4-13)16(23)7-11-21(12-8-16)10-2-9-18-20-15(22)19-17/h3-6,18,23H,2,7-12,17H2,1H3,(H2,19,20,22). The van der Waals surface area contributed by atoms with Crippen LogP contribution in [-0.2, 0) is 5.60 Å². The summed E-state index contributed by atoms with van der Waals surface area (Å²) < 4.78 is 0. The molecule has 7 heteroatoms. The number of hydrogen-bond donors (Lipinski definition) is 5. The Morgan fingerprint density at radius 1 is 1.30 bits per heavy atom. The molecule has 0 aromatic heterocycles. The lowest BCUT2D eigenvalue weighted by molar-refractivity contribution is -0.0260. The fourth-order valence-electron chi connectivity index (χ4n) is 2.87. The molecule has 6 N–H and O–H groups in total. The first-order valence-corrected chi connectivity index (χ1v) is 8.05. The SMILES string of the molecule is Cc1ccc(C2(O)CCN(CCCNNC(=O)NN)CC2)cc1. The highest BCUT2D eigenvalue weighted by atomic mass is 16.3. The zero-order chi connectivity index (χ0) is 16.7. The molecule has 0 radical (unpaired) electrons. The Labute approximate surface area is 137 Å². The van der Waals surface area contributed by atoms with E-state index in [2.05, 4.69) is 34.8 Å². The minimum atomic E-state index is -0.705. The van der Waals surface area contributed by atoms with E-state index in [1.807, 2.05) is 17.6 Å². The van der Waals surface area contributed by atoms with Crippen molar-refractivity contribution < 1.29 is 9.90 Å². The summed E-state index contributed by atoms with van der Waals surface area (Å²) in [5, 5.41) is 10.8. The van der Waals surface area contributed by atoms with Gasteiger partial charge in [-0.2, -0.15) is 0 Å². The Hall–Kier alpha value is -1.67. The van der Waals surface area contributed by atoms with Crippen LogP contribution < -0.4 is 22.1 Å². The summed E-state index contributed by atoms with van der Waals surface area (Å²) in [5.41, 5.74) is 8.73. The Morgan fingerprint density at radius 3 is 2.57 bits per heavy atom. The molecular weight excluding hydrogens is 294 g/mol. The summed E-state index contributed by atoms with van der Waals surface area (Å²) in [6.07, 6.45) is 2.41. The van der Waals surface area contributed by atoms with Gasteiger partial charge in [-0.1, -0.05) is 29.8 Å². The highest BCUT2D eigenvalue weighted by Gasteiger charge is 2.33. The van der Waals surface area contributed by atoms with Crippen molar-refractivity contribution in [2.24, 2.45) is 5.84 Å². The van der Waals surface area contributed by atoms with Gasteiger partial charge in [0.2, 0.25) is 0 Å². The number of likely N-dealkylation sites (tertiary alicyclic amines) is 1. The number of rotatable bonds is 6. The van der Waals surface area contributed by atoms with Crippen molar-refractivity contribution in [3.05, 3.63) is 35.4 Å². The molecule has 7 nitrogen and oxygen atoms in total. The minimum Gasteiger partial charge on any atom is -0.385 e. The molecule has 0 saturated carbocycles. The van der Waals surface area contributed by atoms with Gasteiger partial charge < -0.3 is 10.0 Å². The van der Waals surface area contributed by atoms with E-state index in [9.17, 15) is 9.90 Å². The van der Waals surface area contributed by atoms with Gasteiger partial charge in [-0.25, -0.2) is 16.1 Å². The van der Waals surface area contributed by atoms with Gasteiger partial charge in [0.05, 0.1) is 5.60 Å². The number of carbonyl (C=O) groups excluding carboxylic acids is 1. The third-order valence-corrected chi connectivity index (χ3v) is 4.38. The zero-order valence-electron chi connectivity index (χ0n) is 13.6. The molecule has 2 rings (SSSR count). The summed E-state index contributed by atoms with van der Waals surface area (Å²) in [6, 6.07) is 7.71. The van der Waals surface area contributed by atoms with E-state index >= 15 is 0 Å². The van der Waals surface area contributed by atoms with Crippen molar-refractivity contribution >= 4 is 6.03 Å². The van der Waals surface area contributed by atoms with Crippen molar-refractivity contribution in [1.82, 2.24) is 21.2 Å². The number of piperidine rings is 1. The van der Waals surface area contributed by atoms with E-state index in [0.29, 0.717) is 6.54 Å². The normalized spacial score (nSPS) is 17.7. The lowest BCUT2D eigenvalue weighted by Gasteiger charge is -2.38. The molecule has 1 aliphatic heterocycles. The first kappa shape index (κ1) is 17.7. The second-order valence-electron chi connectivity index (χ2n) is 6.12. The largest absolute Gasteiger partial charge is 0.385 e. The summed E-state index contributed by atoms with van der Waals surface area (Å²) in [5.74, 6) is 4.95. The number of benzene rings is 1. The average Bonchev–Trinajstić information content (AvgIpc) is 2.56. The van der Waals surface area contributed by atoms with Crippen LogP contribution in [0.1, 0.15) is 30.4 Å². The first-order valence-electron chi connectivity index (χ1n) is 8.05. The Bertz CT molecular complexity index is 498. The first-order chi connectivity index (χ1) is 11.0. The van der Waals surface area contributed by atoms with Crippen LogP contribution in [-0.4, -0.2) is 42.2 Å². The number of carbonyl (C=O) groups is 1. The van der Waals surface area contributed by atoms with Crippen molar-refractivity contribution in [1.29, 1.82) is 0 Å². The van der Waals surface area contributed by atoms with E-state index in [-0.39, 0.29) is 0 Å². The summed E-state index contributed by atoms with van der Waals surface area (Å²) in [7, 11) is 0. The highest BCUT2D eigenvalue weighted by molar-refractivity contribution is 5.72. The molecule has 0 unspecified atom stereocenters. The van der Waals surface area contributed by atoms with Crippen LogP contribution >= 0.6 is 0 Å². The molecule has 1 saturated heterocycles. The second kappa shape index (κ2) is 8.26. The van der Waals surface area contributed by atoms with Gasteiger partial charge in [0.1, 0.15) is 0 Å². The Morgan fingerprint density at radius 2 is 1.96 bits per heavy atom. The van der Waals surface area contributed by atoms with Crippen LogP contribution in [0.4, 0.5) is 4.79 Å². The Kier molecular flexibility index (Phi) is 6.35. The summed E-state index contributed by atoms with van der Waals surface area (Å²) >= 11 is 0. The fraction of sp³-hybridized carbons (Fsp3) is 0.562. The van der Waals surface area contributed by atoms with Gasteiger partial charge in [-0.15, -0.1) is 0 Å². The number of nitrogens with two attached hydrogens (primary N) is 1. The highest BCUT2D eigenvalue weighted by Crippen LogP contribution is 2.32. The fourth-order valence-corrected chi connectivity index (χ4v) is 2.87. The number of aryl methyl sites for hydroxylation is 1. The molecule has 2 amide bonds. The lowest BCUT2D eigenvalue weighted by Crippen LogP contribution is -2.48. The van der Waals surface area contributed by atoms with Gasteiger partial charge in [0.25, 0.3) is 0 Å². The number of amides is 2. The Balaban J connectivity index is 1.69. The third kappa shape index (κ3) is 5.18. The van der Waals surface area contributed by atoms with E-state index in [1.54, 1.807) is 0 Å². The molecule has 0 atom stereocenters. The van der Waals surface area contributed by atoms with Gasteiger partial charge in [-0.3, -0.25) is 10.9 Å². The molecule has 1 aliphatic rings. The van der Waals surface area contributed by atoms with Crippen LogP contribution in [0, 0.1) is 6.92 Å². The van der Waals surface area contributed by atoms with E-state index in [4.69, 9.17) is 5.84 Å². The number of nitrogens with one attached hydrogen (secondary N) is 3. The maximum Gasteiger partial charge on any atom is 0.343 e. The number of hydrazine groups is 2. The van der Waals surface area contributed by atoms with Gasteiger partial charge >= 0.3 is 6.03 Å². The number of nitrogens with zero attached hydrogens (tertiary/aromatic N) is 1. The maximum absolute atomic E-state index is 10.9. The van der Waals surface area contributed by atoms with Crippen molar-refractivity contribution in [3.63, 3.8) is 0 Å². The van der Waals surface area contributed by atoms with Crippen molar-refractivity contribution in [3.8, 4) is 0 Å². The molecule has 0 spiro atoms. The van der Waals surface area contributed by atoms with Crippen molar-refractivity contribution in [2.45, 2.75) is 31.8 Å². The van der Waals surface area contributed by atoms with Crippen LogP contribution in [0.2, 0.25) is 0 Å². The molecule has 1 heterocycles. The monoisotopic (exact) mass is 321 g/mol. The zero-order valence-corrected chi connectivity index (χ0v) is 13.6. The van der Waals surface area contributed by atoms with Crippen LogP contribution in [0.5, 0.6) is 0 Å². The van der Waals surface area contributed by atoms with Gasteiger partial charge in [-0.05, 0) is 38.3 Å². The maximum atomic E-state index is 10.9.